The molecule has 1 aromatic heterocycles. The van der Waals surface area contributed by atoms with Gasteiger partial charge in [0.1, 0.15) is 5.82 Å². The van der Waals surface area contributed by atoms with Crippen molar-refractivity contribution in [2.45, 2.75) is 19.4 Å². The molecule has 0 bridgehead atoms. The molecule has 3 aromatic carbocycles. The molecule has 0 radical (unpaired) electrons. The maximum atomic E-state index is 13.4. The zero-order chi connectivity index (χ0) is 28.5. The molecule has 2 aliphatic heterocycles. The van der Waals surface area contributed by atoms with E-state index in [0.717, 1.165) is 59.5 Å². The molecule has 0 aliphatic carbocycles. The largest absolute Gasteiger partial charge is 0.339 e. The number of hydrogen-bond acceptors (Lipinski definition) is 4. The number of amides is 2. The zero-order valence-electron chi connectivity index (χ0n) is 22.5. The first-order valence-electron chi connectivity index (χ1n) is 13.9. The Morgan fingerprint density at radius 1 is 0.829 bits per heavy atom. The number of nitrogens with zero attached hydrogens (tertiary/aromatic N) is 5. The summed E-state index contributed by atoms with van der Waals surface area (Å²) in [4.78, 5) is 37.4. The van der Waals surface area contributed by atoms with E-state index in [9.17, 15) is 9.59 Å². The van der Waals surface area contributed by atoms with E-state index in [0.29, 0.717) is 36.8 Å². The van der Waals surface area contributed by atoms with Gasteiger partial charge >= 0.3 is 0 Å². The van der Waals surface area contributed by atoms with Crippen LogP contribution in [0.15, 0.2) is 71.2 Å². The summed E-state index contributed by atoms with van der Waals surface area (Å²) in [6.07, 6.45) is 1.63. The van der Waals surface area contributed by atoms with Crippen LogP contribution in [0.25, 0.3) is 16.7 Å². The van der Waals surface area contributed by atoms with Gasteiger partial charge in [-0.2, -0.15) is 0 Å². The first kappa shape index (κ1) is 28.2. The van der Waals surface area contributed by atoms with Crippen molar-refractivity contribution in [2.24, 2.45) is 5.92 Å². The van der Waals surface area contributed by atoms with Crippen molar-refractivity contribution < 1.29 is 9.59 Å². The maximum absolute atomic E-state index is 13.4. The minimum Gasteiger partial charge on any atom is -0.339 e. The molecular formula is C31H30BrCl2N5O2. The number of likely N-dealkylation sites (tertiary alicyclic amines) is 1. The monoisotopic (exact) mass is 653 g/mol. The number of fused-ring (bicyclic) bond motifs is 1. The van der Waals surface area contributed by atoms with E-state index in [4.69, 9.17) is 28.2 Å². The van der Waals surface area contributed by atoms with Crippen molar-refractivity contribution in [3.8, 4) is 5.69 Å². The highest BCUT2D eigenvalue weighted by molar-refractivity contribution is 9.10. The third-order valence-corrected chi connectivity index (χ3v) is 9.43. The molecule has 6 rings (SSSR count). The maximum Gasteiger partial charge on any atom is 0.255 e. The summed E-state index contributed by atoms with van der Waals surface area (Å²) in [6.45, 7) is 4.42. The number of piperidine rings is 1. The second-order valence-corrected chi connectivity index (χ2v) is 12.3. The fourth-order valence-electron chi connectivity index (χ4n) is 5.83. The Kier molecular flexibility index (Phi) is 8.35. The summed E-state index contributed by atoms with van der Waals surface area (Å²) in [5, 5.41) is 0.639. The molecule has 0 N–H and O–H groups in total. The standard InChI is InChI=1S/C31H30BrCl2N5O2/c32-22-8-10-23(11-9-22)39-27-7-2-1-6-26(27)35-28(39)20-36-14-12-21(13-15-36)30(40)37-16-18-38(19-17-37)31(41)24-4-3-5-25(33)29(24)34/h1-11,21H,12-20H2. The summed E-state index contributed by atoms with van der Waals surface area (Å²) < 4.78 is 3.27. The average Bonchev–Trinajstić information content (AvgIpc) is 3.36. The van der Waals surface area contributed by atoms with E-state index >= 15 is 0 Å². The fourth-order valence-corrected chi connectivity index (χ4v) is 6.47. The van der Waals surface area contributed by atoms with E-state index in [-0.39, 0.29) is 22.8 Å². The minimum atomic E-state index is -0.146. The predicted octanol–water partition coefficient (Wildman–Crippen LogP) is 6.29. The lowest BCUT2D eigenvalue weighted by molar-refractivity contribution is -0.138. The first-order chi connectivity index (χ1) is 19.9. The van der Waals surface area contributed by atoms with Crippen molar-refractivity contribution in [3.05, 3.63) is 92.6 Å². The Morgan fingerprint density at radius 2 is 1.51 bits per heavy atom. The van der Waals surface area contributed by atoms with Crippen LogP contribution >= 0.6 is 39.1 Å². The molecule has 2 amide bonds. The molecule has 0 unspecified atom stereocenters. The van der Waals surface area contributed by atoms with Gasteiger partial charge in [-0.1, -0.05) is 57.3 Å². The molecule has 2 aliphatic rings. The van der Waals surface area contributed by atoms with Crippen LogP contribution in [-0.4, -0.2) is 75.3 Å². The molecule has 10 heteroatoms. The number of carbonyl (C=O) groups is 2. The van der Waals surface area contributed by atoms with Crippen LogP contribution in [0.2, 0.25) is 10.0 Å². The van der Waals surface area contributed by atoms with Gasteiger partial charge in [-0.25, -0.2) is 4.98 Å². The van der Waals surface area contributed by atoms with Gasteiger partial charge in [-0.3, -0.25) is 19.1 Å². The molecular weight excluding hydrogens is 625 g/mol. The highest BCUT2D eigenvalue weighted by atomic mass is 79.9. The van der Waals surface area contributed by atoms with Crippen LogP contribution in [0.4, 0.5) is 0 Å². The number of rotatable bonds is 5. The van der Waals surface area contributed by atoms with Crippen LogP contribution in [0, 0.1) is 5.92 Å². The van der Waals surface area contributed by atoms with E-state index in [2.05, 4.69) is 49.7 Å². The summed E-state index contributed by atoms with van der Waals surface area (Å²) in [6, 6.07) is 21.6. The van der Waals surface area contributed by atoms with Crippen molar-refractivity contribution in [1.82, 2.24) is 24.3 Å². The molecule has 7 nitrogen and oxygen atoms in total. The molecule has 3 heterocycles. The number of aromatic nitrogens is 2. The summed E-state index contributed by atoms with van der Waals surface area (Å²) in [5.74, 6) is 1.05. The van der Waals surface area contributed by atoms with Crippen LogP contribution in [-0.2, 0) is 11.3 Å². The van der Waals surface area contributed by atoms with Gasteiger partial charge < -0.3 is 9.80 Å². The zero-order valence-corrected chi connectivity index (χ0v) is 25.6. The van der Waals surface area contributed by atoms with E-state index in [1.54, 1.807) is 23.1 Å². The van der Waals surface area contributed by atoms with Gasteiger partial charge in [0, 0.05) is 42.3 Å². The van der Waals surface area contributed by atoms with Gasteiger partial charge in [0.2, 0.25) is 5.91 Å². The number of piperazine rings is 1. The Hall–Kier alpha value is -2.91. The van der Waals surface area contributed by atoms with E-state index < -0.39 is 0 Å². The van der Waals surface area contributed by atoms with Crippen molar-refractivity contribution in [3.63, 3.8) is 0 Å². The van der Waals surface area contributed by atoms with Crippen LogP contribution < -0.4 is 0 Å². The van der Waals surface area contributed by atoms with Gasteiger partial charge in [0.05, 0.1) is 33.2 Å². The predicted molar refractivity (Wildman–Crippen MR) is 166 cm³/mol. The number of hydrogen-bond donors (Lipinski definition) is 0. The number of imidazole rings is 1. The molecule has 4 aromatic rings. The van der Waals surface area contributed by atoms with Crippen molar-refractivity contribution in [1.29, 1.82) is 0 Å². The molecule has 2 fully saturated rings. The fraction of sp³-hybridized carbons (Fsp3) is 0.323. The lowest BCUT2D eigenvalue weighted by Crippen LogP contribution is -2.53. The Labute approximate surface area is 257 Å². The topological polar surface area (TPSA) is 61.7 Å². The summed E-state index contributed by atoms with van der Waals surface area (Å²) in [7, 11) is 0. The van der Waals surface area contributed by atoms with Gasteiger partial charge in [-0.15, -0.1) is 0 Å². The second-order valence-electron chi connectivity index (χ2n) is 10.6. The lowest BCUT2D eigenvalue weighted by atomic mass is 9.95. The summed E-state index contributed by atoms with van der Waals surface area (Å²) in [5.41, 5.74) is 3.55. The van der Waals surface area contributed by atoms with Gasteiger partial charge in [0.25, 0.3) is 5.91 Å². The highest BCUT2D eigenvalue weighted by Gasteiger charge is 2.32. The highest BCUT2D eigenvalue weighted by Crippen LogP contribution is 2.28. The van der Waals surface area contributed by atoms with Crippen molar-refractivity contribution in [2.75, 3.05) is 39.3 Å². The average molecular weight is 655 g/mol. The molecule has 0 spiro atoms. The third-order valence-electron chi connectivity index (χ3n) is 8.08. The number of carbonyl (C=O) groups excluding carboxylic acids is 2. The smallest absolute Gasteiger partial charge is 0.255 e. The minimum absolute atomic E-state index is 0.00108. The Balaban J connectivity index is 1.06. The van der Waals surface area contributed by atoms with Crippen LogP contribution in [0.5, 0.6) is 0 Å². The molecule has 2 saturated heterocycles. The quantitative estimate of drug-likeness (QED) is 0.254. The van der Waals surface area contributed by atoms with E-state index in [1.807, 2.05) is 29.2 Å². The van der Waals surface area contributed by atoms with Gasteiger partial charge in [0.15, 0.2) is 0 Å². The van der Waals surface area contributed by atoms with Crippen molar-refractivity contribution >= 4 is 62.0 Å². The molecule has 0 saturated carbocycles. The van der Waals surface area contributed by atoms with Crippen LogP contribution in [0.3, 0.4) is 0 Å². The normalized spacial score (nSPS) is 16.9. The van der Waals surface area contributed by atoms with Crippen LogP contribution in [0.1, 0.15) is 29.0 Å². The lowest BCUT2D eigenvalue weighted by Gasteiger charge is -2.38. The third kappa shape index (κ3) is 5.89. The Morgan fingerprint density at radius 3 is 2.24 bits per heavy atom. The first-order valence-corrected chi connectivity index (χ1v) is 15.4. The van der Waals surface area contributed by atoms with Gasteiger partial charge in [-0.05, 0) is 74.5 Å². The molecule has 212 valence electrons. The number of para-hydroxylation sites is 2. The summed E-state index contributed by atoms with van der Waals surface area (Å²) >= 11 is 15.9. The molecule has 41 heavy (non-hydrogen) atoms. The SMILES string of the molecule is O=C(c1cccc(Cl)c1Cl)N1CCN(C(=O)C2CCN(Cc3nc4ccccc4n3-c3ccc(Br)cc3)CC2)CC1. The number of halogens is 3. The molecule has 0 atom stereocenters. The van der Waals surface area contributed by atoms with E-state index in [1.165, 1.54) is 0 Å². The second kappa shape index (κ2) is 12.1. The Bertz CT molecular complexity index is 1580. The number of benzene rings is 3.